The molecular formula is C10H18BNO5. The van der Waals surface area contributed by atoms with E-state index in [0.717, 1.165) is 0 Å². The van der Waals surface area contributed by atoms with Crippen LogP contribution in [0.4, 0.5) is 0 Å². The Hall–Kier alpha value is -0.625. The quantitative estimate of drug-likeness (QED) is 0.613. The molecule has 0 aromatic heterocycles. The Labute approximate surface area is 101 Å². The van der Waals surface area contributed by atoms with Gasteiger partial charge in [-0.25, -0.2) is 0 Å². The molecule has 17 heavy (non-hydrogen) atoms. The Morgan fingerprint density at radius 1 is 1.59 bits per heavy atom. The van der Waals surface area contributed by atoms with Crippen molar-refractivity contribution in [3.63, 3.8) is 0 Å². The predicted octanol–water partition coefficient (Wildman–Crippen LogP) is -1.13. The van der Waals surface area contributed by atoms with E-state index < -0.39 is 12.7 Å². The third-order valence-corrected chi connectivity index (χ3v) is 3.70. The standard InChI is InChI=1S/C10H18BNO5/c1-16-10(3-5-17-7-10)9(13)12-4-2-8(6-12)11(14)15/h8,14-15H,2-7H2,1H3. The lowest BCUT2D eigenvalue weighted by Gasteiger charge is -2.29. The molecule has 2 aliphatic rings. The molecular weight excluding hydrogens is 225 g/mol. The largest absolute Gasteiger partial charge is 0.456 e. The van der Waals surface area contributed by atoms with Crippen molar-refractivity contribution in [2.24, 2.45) is 0 Å². The van der Waals surface area contributed by atoms with Gasteiger partial charge in [-0.2, -0.15) is 0 Å². The molecule has 6 nitrogen and oxygen atoms in total. The zero-order valence-corrected chi connectivity index (χ0v) is 9.96. The van der Waals surface area contributed by atoms with Gasteiger partial charge in [-0.05, 0) is 6.42 Å². The maximum atomic E-state index is 12.3. The van der Waals surface area contributed by atoms with E-state index in [-0.39, 0.29) is 18.3 Å². The Bertz CT molecular complexity index is 292. The number of carbonyl (C=O) groups excluding carboxylic acids is 1. The fourth-order valence-corrected chi connectivity index (χ4v) is 2.47. The molecule has 0 saturated carbocycles. The van der Waals surface area contributed by atoms with E-state index in [0.29, 0.717) is 32.5 Å². The van der Waals surface area contributed by atoms with E-state index in [4.69, 9.17) is 19.5 Å². The number of hydrogen-bond donors (Lipinski definition) is 2. The van der Waals surface area contributed by atoms with Crippen molar-refractivity contribution >= 4 is 13.0 Å². The molecule has 0 aromatic carbocycles. The summed E-state index contributed by atoms with van der Waals surface area (Å²) in [6.07, 6.45) is 1.18. The van der Waals surface area contributed by atoms with Crippen molar-refractivity contribution < 1.29 is 24.3 Å². The molecule has 0 spiro atoms. The molecule has 2 unspecified atom stereocenters. The van der Waals surface area contributed by atoms with E-state index in [9.17, 15) is 4.79 Å². The van der Waals surface area contributed by atoms with Gasteiger partial charge in [0.05, 0.1) is 13.2 Å². The lowest BCUT2D eigenvalue weighted by molar-refractivity contribution is -0.153. The van der Waals surface area contributed by atoms with Crippen molar-refractivity contribution in [3.05, 3.63) is 0 Å². The van der Waals surface area contributed by atoms with Gasteiger partial charge in [0.2, 0.25) is 0 Å². The SMILES string of the molecule is COC1(C(=O)N2CCC(B(O)O)C2)CCOC1. The Morgan fingerprint density at radius 2 is 2.35 bits per heavy atom. The van der Waals surface area contributed by atoms with Gasteiger partial charge in [0, 0.05) is 32.4 Å². The molecule has 2 rings (SSSR count). The average Bonchev–Trinajstić information content (AvgIpc) is 2.98. The van der Waals surface area contributed by atoms with Crippen LogP contribution in [0.25, 0.3) is 0 Å². The summed E-state index contributed by atoms with van der Waals surface area (Å²) in [7, 11) is 0.159. The van der Waals surface area contributed by atoms with Crippen molar-refractivity contribution in [3.8, 4) is 0 Å². The van der Waals surface area contributed by atoms with Gasteiger partial charge < -0.3 is 24.4 Å². The highest BCUT2D eigenvalue weighted by Crippen LogP contribution is 2.30. The Balaban J connectivity index is 2.01. The molecule has 0 bridgehead atoms. The normalized spacial score (nSPS) is 33.1. The van der Waals surface area contributed by atoms with Crippen LogP contribution in [-0.4, -0.2) is 67.0 Å². The molecule has 1 amide bonds. The number of amides is 1. The highest BCUT2D eigenvalue weighted by molar-refractivity contribution is 6.43. The zero-order chi connectivity index (χ0) is 12.5. The lowest BCUT2D eigenvalue weighted by Crippen LogP contribution is -2.50. The van der Waals surface area contributed by atoms with Crippen LogP contribution >= 0.6 is 0 Å². The molecule has 0 aromatic rings. The molecule has 0 aliphatic carbocycles. The predicted molar refractivity (Wildman–Crippen MR) is 60.3 cm³/mol. The van der Waals surface area contributed by atoms with Gasteiger partial charge in [-0.15, -0.1) is 0 Å². The summed E-state index contributed by atoms with van der Waals surface area (Å²) in [5, 5.41) is 18.2. The summed E-state index contributed by atoms with van der Waals surface area (Å²) < 4.78 is 10.6. The van der Waals surface area contributed by atoms with Gasteiger partial charge in [0.25, 0.3) is 5.91 Å². The maximum absolute atomic E-state index is 12.3. The average molecular weight is 243 g/mol. The number of rotatable bonds is 3. The monoisotopic (exact) mass is 243 g/mol. The highest BCUT2D eigenvalue weighted by atomic mass is 16.6. The second-order valence-electron chi connectivity index (χ2n) is 4.71. The molecule has 2 heterocycles. The second kappa shape index (κ2) is 4.93. The van der Waals surface area contributed by atoms with Gasteiger partial charge in [0.1, 0.15) is 0 Å². The van der Waals surface area contributed by atoms with Crippen LogP contribution in [0.2, 0.25) is 5.82 Å². The summed E-state index contributed by atoms with van der Waals surface area (Å²) in [5.41, 5.74) is -0.866. The van der Waals surface area contributed by atoms with Crippen LogP contribution in [0.3, 0.4) is 0 Å². The number of ether oxygens (including phenoxy) is 2. The molecule has 0 radical (unpaired) electrons. The van der Waals surface area contributed by atoms with E-state index >= 15 is 0 Å². The molecule has 2 atom stereocenters. The first-order valence-electron chi connectivity index (χ1n) is 5.87. The van der Waals surface area contributed by atoms with E-state index in [1.165, 1.54) is 7.11 Å². The van der Waals surface area contributed by atoms with Crippen LogP contribution in [0.1, 0.15) is 12.8 Å². The van der Waals surface area contributed by atoms with Gasteiger partial charge >= 0.3 is 7.12 Å². The van der Waals surface area contributed by atoms with Crippen molar-refractivity contribution in [2.75, 3.05) is 33.4 Å². The number of likely N-dealkylation sites (tertiary alicyclic amines) is 1. The van der Waals surface area contributed by atoms with Crippen molar-refractivity contribution in [1.82, 2.24) is 4.90 Å². The van der Waals surface area contributed by atoms with Crippen LogP contribution in [0, 0.1) is 0 Å². The second-order valence-corrected chi connectivity index (χ2v) is 4.71. The number of carbonyl (C=O) groups is 1. The first kappa shape index (κ1) is 12.8. The fourth-order valence-electron chi connectivity index (χ4n) is 2.47. The lowest BCUT2D eigenvalue weighted by atomic mass is 9.72. The topological polar surface area (TPSA) is 79.2 Å². The van der Waals surface area contributed by atoms with Crippen LogP contribution in [0.15, 0.2) is 0 Å². The van der Waals surface area contributed by atoms with Crippen LogP contribution in [0.5, 0.6) is 0 Å². The number of methoxy groups -OCH3 is 1. The molecule has 2 fully saturated rings. The number of hydrogen-bond acceptors (Lipinski definition) is 5. The molecule has 7 heteroatoms. The maximum Gasteiger partial charge on any atom is 0.456 e. The highest BCUT2D eigenvalue weighted by Gasteiger charge is 2.47. The summed E-state index contributed by atoms with van der Waals surface area (Å²) in [6.45, 7) is 1.73. The Kier molecular flexibility index (Phi) is 3.72. The minimum Gasteiger partial charge on any atom is -0.427 e. The van der Waals surface area contributed by atoms with E-state index in [2.05, 4.69) is 0 Å². The third-order valence-electron chi connectivity index (χ3n) is 3.70. The molecule has 2 aliphatic heterocycles. The van der Waals surface area contributed by atoms with E-state index in [1.807, 2.05) is 0 Å². The third kappa shape index (κ3) is 2.33. The van der Waals surface area contributed by atoms with Gasteiger partial charge in [0.15, 0.2) is 5.60 Å². The Morgan fingerprint density at radius 3 is 2.82 bits per heavy atom. The molecule has 2 saturated heterocycles. The summed E-state index contributed by atoms with van der Waals surface area (Å²) >= 11 is 0. The van der Waals surface area contributed by atoms with Crippen molar-refractivity contribution in [1.29, 1.82) is 0 Å². The van der Waals surface area contributed by atoms with Gasteiger partial charge in [-0.3, -0.25) is 4.79 Å². The molecule has 96 valence electrons. The summed E-state index contributed by atoms with van der Waals surface area (Å²) in [4.78, 5) is 14.0. The van der Waals surface area contributed by atoms with E-state index in [1.54, 1.807) is 4.90 Å². The van der Waals surface area contributed by atoms with Crippen LogP contribution in [-0.2, 0) is 14.3 Å². The summed E-state index contributed by atoms with van der Waals surface area (Å²) in [5.74, 6) is -0.351. The molecule has 2 N–H and O–H groups in total. The fraction of sp³-hybridized carbons (Fsp3) is 0.900. The zero-order valence-electron chi connectivity index (χ0n) is 9.96. The smallest absolute Gasteiger partial charge is 0.427 e. The first-order chi connectivity index (χ1) is 8.09. The number of nitrogens with zero attached hydrogens (tertiary/aromatic N) is 1. The minimum absolute atomic E-state index is 0.0966. The van der Waals surface area contributed by atoms with Crippen LogP contribution < -0.4 is 0 Å². The van der Waals surface area contributed by atoms with Crippen molar-refractivity contribution in [2.45, 2.75) is 24.3 Å². The summed E-state index contributed by atoms with van der Waals surface area (Å²) in [6, 6.07) is 0. The first-order valence-corrected chi connectivity index (χ1v) is 5.87. The van der Waals surface area contributed by atoms with Gasteiger partial charge in [-0.1, -0.05) is 0 Å². The minimum atomic E-state index is -1.36.